The summed E-state index contributed by atoms with van der Waals surface area (Å²) in [7, 11) is -5.84. The predicted octanol–water partition coefficient (Wildman–Crippen LogP) is -1.78. The SMILES string of the molecule is O=S(=O)(O)C(F)(F)F.[O]=[Sb]([OH])([OH])[OH]. The van der Waals surface area contributed by atoms with Gasteiger partial charge in [-0.2, -0.15) is 21.6 Å². The van der Waals surface area contributed by atoms with Crippen LogP contribution in [-0.4, -0.2) is 48.7 Å². The Balaban J connectivity index is 0. The summed E-state index contributed by atoms with van der Waals surface area (Å²) >= 11 is -5.35. The van der Waals surface area contributed by atoms with Crippen LogP contribution < -0.4 is 0 Å². The van der Waals surface area contributed by atoms with Crippen LogP contribution in [0.4, 0.5) is 13.2 Å². The van der Waals surface area contributed by atoms with Gasteiger partial charge in [-0.05, 0) is 0 Å². The second kappa shape index (κ2) is 4.62. The number of alkyl halides is 3. The van der Waals surface area contributed by atoms with Gasteiger partial charge in [0.05, 0.1) is 0 Å². The third kappa shape index (κ3) is 15.0. The van der Waals surface area contributed by atoms with Crippen LogP contribution in [0.5, 0.6) is 0 Å². The van der Waals surface area contributed by atoms with Crippen LogP contribution in [0.15, 0.2) is 0 Å². The Hall–Kier alpha value is 0.198. The van der Waals surface area contributed by atoms with Gasteiger partial charge >= 0.3 is 48.9 Å². The van der Waals surface area contributed by atoms with Crippen molar-refractivity contribution in [2.24, 2.45) is 0 Å². The number of hydrogen-bond donors (Lipinski definition) is 4. The van der Waals surface area contributed by atoms with Crippen LogP contribution in [0.25, 0.3) is 0 Å². The minimum atomic E-state index is -5.84. The molecule has 0 aliphatic carbocycles. The van der Waals surface area contributed by atoms with Crippen molar-refractivity contribution in [2.45, 2.75) is 5.51 Å². The molecule has 0 fully saturated rings. The normalized spacial score (nSPS) is 13.2. The Morgan fingerprint density at radius 3 is 1.15 bits per heavy atom. The van der Waals surface area contributed by atoms with Crippen LogP contribution in [0.1, 0.15) is 0 Å². The number of hydrogen-bond acceptors (Lipinski definition) is 3. The van der Waals surface area contributed by atoms with E-state index in [0.29, 0.717) is 0 Å². The van der Waals surface area contributed by atoms with Crippen LogP contribution in [0.2, 0.25) is 0 Å². The van der Waals surface area contributed by atoms with E-state index in [9.17, 15) is 13.2 Å². The molecule has 0 saturated carbocycles. The van der Waals surface area contributed by atoms with E-state index in [-0.39, 0.29) is 0 Å². The summed E-state index contributed by atoms with van der Waals surface area (Å²) in [6.07, 6.45) is 0. The predicted molar refractivity (Wildman–Crippen MR) is 30.7 cm³/mol. The summed E-state index contributed by atoms with van der Waals surface area (Å²) < 4.78 is 88.3. The van der Waals surface area contributed by atoms with Gasteiger partial charge in [0.15, 0.2) is 0 Å². The van der Waals surface area contributed by atoms with E-state index in [1.807, 2.05) is 0 Å². The molecule has 0 amide bonds. The van der Waals surface area contributed by atoms with Gasteiger partial charge in [-0.3, -0.25) is 4.55 Å². The molecule has 0 radical (unpaired) electrons. The van der Waals surface area contributed by atoms with Gasteiger partial charge < -0.3 is 0 Å². The van der Waals surface area contributed by atoms with E-state index in [1.165, 1.54) is 0 Å². The topological polar surface area (TPSA) is 132 Å². The molecular weight excluding hydrogens is 335 g/mol. The van der Waals surface area contributed by atoms with E-state index < -0.39 is 35.7 Å². The molecule has 7 nitrogen and oxygen atoms in total. The first-order valence-electron chi connectivity index (χ1n) is 2.07. The van der Waals surface area contributed by atoms with Gasteiger partial charge in [0.25, 0.3) is 0 Å². The quantitative estimate of drug-likeness (QED) is 0.233. The molecular formula is CH4F3O7SSb. The van der Waals surface area contributed by atoms with Crippen LogP contribution in [0, 0.1) is 0 Å². The van der Waals surface area contributed by atoms with E-state index in [1.54, 1.807) is 0 Å². The van der Waals surface area contributed by atoms with Gasteiger partial charge in [-0.15, -0.1) is 0 Å². The maximum atomic E-state index is 10.7. The minimum absolute atomic E-state index is 5.35. The summed E-state index contributed by atoms with van der Waals surface area (Å²) in [6.45, 7) is 0. The number of rotatable bonds is 0. The van der Waals surface area contributed by atoms with Gasteiger partial charge in [0.1, 0.15) is 0 Å². The van der Waals surface area contributed by atoms with Gasteiger partial charge in [0.2, 0.25) is 0 Å². The molecule has 0 aromatic rings. The Morgan fingerprint density at radius 2 is 1.15 bits per heavy atom. The zero-order chi connectivity index (χ0) is 11.5. The summed E-state index contributed by atoms with van der Waals surface area (Å²) in [5.74, 6) is 0. The monoisotopic (exact) mass is 338 g/mol. The molecule has 0 unspecified atom stereocenters. The molecule has 0 aromatic heterocycles. The molecule has 0 bridgehead atoms. The summed E-state index contributed by atoms with van der Waals surface area (Å²) in [5.41, 5.74) is -5.53. The van der Waals surface area contributed by atoms with Crippen LogP contribution in [0.3, 0.4) is 0 Å². The van der Waals surface area contributed by atoms with Gasteiger partial charge in [-0.25, -0.2) is 0 Å². The van der Waals surface area contributed by atoms with Crippen molar-refractivity contribution in [3.05, 3.63) is 0 Å². The van der Waals surface area contributed by atoms with E-state index in [4.69, 9.17) is 26.1 Å². The zero-order valence-electron chi connectivity index (χ0n) is 5.50. The molecule has 82 valence electrons. The van der Waals surface area contributed by atoms with Crippen molar-refractivity contribution in [1.82, 2.24) is 0 Å². The van der Waals surface area contributed by atoms with Crippen LogP contribution >= 0.6 is 0 Å². The zero-order valence-corrected chi connectivity index (χ0v) is 8.87. The second-order valence-corrected chi connectivity index (χ2v) is 5.78. The summed E-state index contributed by atoms with van der Waals surface area (Å²) in [5, 5.41) is 0. The van der Waals surface area contributed by atoms with E-state index >= 15 is 0 Å². The molecule has 0 aliphatic rings. The molecule has 0 rings (SSSR count). The van der Waals surface area contributed by atoms with E-state index in [2.05, 4.69) is 0 Å². The van der Waals surface area contributed by atoms with Crippen molar-refractivity contribution >= 4 is 30.2 Å². The Kier molecular flexibility index (Phi) is 5.56. The Labute approximate surface area is 75.3 Å². The molecule has 0 spiro atoms. The third-order valence-electron chi connectivity index (χ3n) is 0.292. The molecule has 0 aromatic carbocycles. The first-order chi connectivity index (χ1) is 5.25. The Morgan fingerprint density at radius 1 is 1.08 bits per heavy atom. The van der Waals surface area contributed by atoms with Crippen molar-refractivity contribution in [1.29, 1.82) is 0 Å². The van der Waals surface area contributed by atoms with Gasteiger partial charge in [-0.1, -0.05) is 0 Å². The molecule has 0 aliphatic heterocycles. The van der Waals surface area contributed by atoms with Gasteiger partial charge in [0, 0.05) is 0 Å². The van der Waals surface area contributed by atoms with E-state index in [0.717, 1.165) is 0 Å². The van der Waals surface area contributed by atoms with Crippen molar-refractivity contribution in [2.75, 3.05) is 0 Å². The van der Waals surface area contributed by atoms with Crippen molar-refractivity contribution < 1.29 is 39.3 Å². The summed E-state index contributed by atoms with van der Waals surface area (Å²) in [4.78, 5) is 0. The molecule has 0 saturated heterocycles. The van der Waals surface area contributed by atoms with Crippen molar-refractivity contribution in [3.63, 3.8) is 0 Å². The standard InChI is InChI=1S/CHF3O3S.3H2O.O.Sb/c2-1(3,4)8(5,6)7;;;;;/h(H,5,6,7);3*1H2;;/q;;;;;+3/p-3. The fourth-order valence-corrected chi connectivity index (χ4v) is 0. The Bertz CT molecular complexity index is 275. The first kappa shape index (κ1) is 15.7. The maximum absolute atomic E-state index is 10.7. The molecule has 0 atom stereocenters. The average molecular weight is 339 g/mol. The first-order valence-corrected chi connectivity index (χ1v) is 7.98. The molecule has 0 heterocycles. The molecule has 4 N–H and O–H groups in total. The molecule has 12 heteroatoms. The fraction of sp³-hybridized carbons (Fsp3) is 1.00. The second-order valence-electron chi connectivity index (χ2n) is 1.43. The summed E-state index contributed by atoms with van der Waals surface area (Å²) in [6, 6.07) is 0. The fourth-order valence-electron chi connectivity index (χ4n) is 0. The number of halogens is 3. The average Bonchev–Trinajstić information content (AvgIpc) is 1.50. The third-order valence-corrected chi connectivity index (χ3v) is 0.877. The van der Waals surface area contributed by atoms with Crippen molar-refractivity contribution in [3.8, 4) is 0 Å². The molecule has 13 heavy (non-hydrogen) atoms. The van der Waals surface area contributed by atoms with Crippen LogP contribution in [-0.2, 0) is 13.1 Å².